The topological polar surface area (TPSA) is 52.6 Å². The van der Waals surface area contributed by atoms with Gasteiger partial charge in [-0.1, -0.05) is 19.1 Å². The maximum atomic E-state index is 12.4. The second-order valence-corrected chi connectivity index (χ2v) is 7.22. The van der Waals surface area contributed by atoms with E-state index in [0.29, 0.717) is 23.9 Å². The first-order valence-corrected chi connectivity index (χ1v) is 7.98. The molecule has 1 atom stereocenters. The summed E-state index contributed by atoms with van der Waals surface area (Å²) in [5.74, 6) is -0.776. The molecule has 0 aromatic heterocycles. The summed E-state index contributed by atoms with van der Waals surface area (Å²) in [7, 11) is 6.07. The van der Waals surface area contributed by atoms with Crippen LogP contribution >= 0.6 is 0 Å². The molecule has 0 saturated heterocycles. The van der Waals surface area contributed by atoms with Gasteiger partial charge in [0.25, 0.3) is 0 Å². The second kappa shape index (κ2) is 7.77. The Morgan fingerprint density at radius 3 is 2.50 bits per heavy atom. The third kappa shape index (κ3) is 5.79. The SMILES string of the molecule is C=C1CCCC(CC)(C(=O)OCC(=O)OCC[N+](C)(C)C)C1. The Morgan fingerprint density at radius 1 is 1.27 bits per heavy atom. The Labute approximate surface area is 133 Å². The third-order valence-electron chi connectivity index (χ3n) is 4.23. The summed E-state index contributed by atoms with van der Waals surface area (Å²) in [4.78, 5) is 24.0. The van der Waals surface area contributed by atoms with Gasteiger partial charge in [0.15, 0.2) is 6.61 Å². The van der Waals surface area contributed by atoms with Crippen LogP contribution in [0, 0.1) is 5.41 Å². The van der Waals surface area contributed by atoms with Crippen molar-refractivity contribution < 1.29 is 23.5 Å². The largest absolute Gasteiger partial charge is 0.457 e. The van der Waals surface area contributed by atoms with Gasteiger partial charge in [-0.05, 0) is 32.1 Å². The first-order chi connectivity index (χ1) is 10.2. The van der Waals surface area contributed by atoms with Crippen LogP contribution in [0.1, 0.15) is 39.0 Å². The number of likely N-dealkylation sites (N-methyl/N-ethyl adjacent to an activating group) is 1. The zero-order valence-corrected chi connectivity index (χ0v) is 14.4. The van der Waals surface area contributed by atoms with Gasteiger partial charge in [0.1, 0.15) is 13.2 Å². The van der Waals surface area contributed by atoms with Crippen LogP contribution in [0.5, 0.6) is 0 Å². The third-order valence-corrected chi connectivity index (χ3v) is 4.23. The number of rotatable bonds is 7. The highest BCUT2D eigenvalue weighted by Gasteiger charge is 2.40. The lowest BCUT2D eigenvalue weighted by Crippen LogP contribution is -2.39. The van der Waals surface area contributed by atoms with Crippen molar-refractivity contribution >= 4 is 11.9 Å². The van der Waals surface area contributed by atoms with Crippen molar-refractivity contribution in [1.82, 2.24) is 0 Å². The number of ether oxygens (including phenoxy) is 2. The maximum absolute atomic E-state index is 12.4. The molecule has 1 aliphatic rings. The van der Waals surface area contributed by atoms with Crippen molar-refractivity contribution in [2.24, 2.45) is 5.41 Å². The summed E-state index contributed by atoms with van der Waals surface area (Å²) in [6, 6.07) is 0. The monoisotopic (exact) mass is 312 g/mol. The highest BCUT2D eigenvalue weighted by atomic mass is 16.6. The molecule has 1 aliphatic carbocycles. The Bertz CT molecular complexity index is 425. The fraction of sp³-hybridized carbons (Fsp3) is 0.765. The van der Waals surface area contributed by atoms with E-state index in [2.05, 4.69) is 6.58 Å². The molecular weight excluding hydrogens is 282 g/mol. The summed E-state index contributed by atoms with van der Waals surface area (Å²) >= 11 is 0. The van der Waals surface area contributed by atoms with Gasteiger partial charge in [-0.25, -0.2) is 4.79 Å². The Kier molecular flexibility index (Phi) is 6.60. The molecule has 0 aliphatic heterocycles. The molecule has 1 rings (SSSR count). The van der Waals surface area contributed by atoms with Crippen LogP contribution in [-0.4, -0.2) is 57.3 Å². The van der Waals surface area contributed by atoms with Crippen LogP contribution in [0.25, 0.3) is 0 Å². The maximum Gasteiger partial charge on any atom is 0.344 e. The zero-order chi connectivity index (χ0) is 16.8. The molecule has 0 aromatic rings. The Hall–Kier alpha value is -1.36. The minimum Gasteiger partial charge on any atom is -0.457 e. The number of hydrogen-bond donors (Lipinski definition) is 0. The normalized spacial score (nSPS) is 22.3. The van der Waals surface area contributed by atoms with E-state index < -0.39 is 11.4 Å². The summed E-state index contributed by atoms with van der Waals surface area (Å²) < 4.78 is 11.0. The molecule has 0 N–H and O–H groups in total. The molecule has 0 radical (unpaired) electrons. The summed E-state index contributed by atoms with van der Waals surface area (Å²) in [6.45, 7) is 6.73. The van der Waals surface area contributed by atoms with Crippen molar-refractivity contribution in [2.75, 3.05) is 40.9 Å². The van der Waals surface area contributed by atoms with Gasteiger partial charge in [-0.2, -0.15) is 0 Å². The van der Waals surface area contributed by atoms with Crippen LogP contribution in [0.15, 0.2) is 12.2 Å². The molecule has 0 spiro atoms. The van der Waals surface area contributed by atoms with E-state index in [9.17, 15) is 9.59 Å². The van der Waals surface area contributed by atoms with E-state index >= 15 is 0 Å². The fourth-order valence-electron chi connectivity index (χ4n) is 2.71. The Morgan fingerprint density at radius 2 is 1.95 bits per heavy atom. The number of carbonyl (C=O) groups excluding carboxylic acids is 2. The highest BCUT2D eigenvalue weighted by molar-refractivity contribution is 5.80. The molecule has 0 heterocycles. The van der Waals surface area contributed by atoms with Crippen molar-refractivity contribution in [3.63, 3.8) is 0 Å². The predicted octanol–water partition coefficient (Wildman–Crippen LogP) is 2.31. The van der Waals surface area contributed by atoms with Gasteiger partial charge < -0.3 is 14.0 Å². The van der Waals surface area contributed by atoms with Crippen LogP contribution in [0.3, 0.4) is 0 Å². The highest BCUT2D eigenvalue weighted by Crippen LogP contribution is 2.42. The number of allylic oxidation sites excluding steroid dienone is 1. The average molecular weight is 312 g/mol. The summed E-state index contributed by atoms with van der Waals surface area (Å²) in [5.41, 5.74) is 0.591. The number of hydrogen-bond acceptors (Lipinski definition) is 4. The van der Waals surface area contributed by atoms with E-state index in [1.807, 2.05) is 28.1 Å². The number of carbonyl (C=O) groups is 2. The van der Waals surface area contributed by atoms with Crippen molar-refractivity contribution in [3.05, 3.63) is 12.2 Å². The molecule has 22 heavy (non-hydrogen) atoms. The molecule has 0 aromatic carbocycles. The van der Waals surface area contributed by atoms with Crippen LogP contribution in [0.2, 0.25) is 0 Å². The minimum absolute atomic E-state index is 0.292. The molecule has 5 nitrogen and oxygen atoms in total. The Balaban J connectivity index is 2.40. The average Bonchev–Trinajstić information content (AvgIpc) is 2.43. The molecular formula is C17H30NO4+. The number of quaternary nitrogens is 1. The number of nitrogens with zero attached hydrogens (tertiary/aromatic N) is 1. The van der Waals surface area contributed by atoms with E-state index in [1.54, 1.807) is 0 Å². The standard InChI is InChI=1S/C17H30NO4/c1-6-17(9-7-8-14(2)12-17)16(20)22-13-15(19)21-11-10-18(3,4)5/h2,6-13H2,1,3-5H3/q+1. The van der Waals surface area contributed by atoms with Gasteiger partial charge in [0.05, 0.1) is 26.6 Å². The first-order valence-electron chi connectivity index (χ1n) is 7.98. The molecule has 126 valence electrons. The molecule has 1 unspecified atom stereocenters. The van der Waals surface area contributed by atoms with Crippen LogP contribution < -0.4 is 0 Å². The molecule has 0 bridgehead atoms. The van der Waals surface area contributed by atoms with Crippen molar-refractivity contribution in [2.45, 2.75) is 39.0 Å². The lowest BCUT2D eigenvalue weighted by Gasteiger charge is -2.34. The van der Waals surface area contributed by atoms with Gasteiger partial charge in [-0.15, -0.1) is 0 Å². The van der Waals surface area contributed by atoms with Gasteiger partial charge in [0.2, 0.25) is 0 Å². The molecule has 1 saturated carbocycles. The predicted molar refractivity (Wildman–Crippen MR) is 85.1 cm³/mol. The van der Waals surface area contributed by atoms with Crippen molar-refractivity contribution in [1.29, 1.82) is 0 Å². The zero-order valence-electron chi connectivity index (χ0n) is 14.4. The van der Waals surface area contributed by atoms with Crippen molar-refractivity contribution in [3.8, 4) is 0 Å². The molecule has 5 heteroatoms. The quantitative estimate of drug-likeness (QED) is 0.411. The fourth-order valence-corrected chi connectivity index (χ4v) is 2.71. The lowest BCUT2D eigenvalue weighted by atomic mass is 9.70. The lowest BCUT2D eigenvalue weighted by molar-refractivity contribution is -0.870. The van der Waals surface area contributed by atoms with E-state index in [0.717, 1.165) is 31.4 Å². The first kappa shape index (κ1) is 18.7. The van der Waals surface area contributed by atoms with E-state index in [1.165, 1.54) is 0 Å². The van der Waals surface area contributed by atoms with Crippen LogP contribution in [-0.2, 0) is 19.1 Å². The van der Waals surface area contributed by atoms with Crippen LogP contribution in [0.4, 0.5) is 0 Å². The summed E-state index contributed by atoms with van der Waals surface area (Å²) in [6.07, 6.45) is 4.11. The van der Waals surface area contributed by atoms with Gasteiger partial charge >= 0.3 is 11.9 Å². The second-order valence-electron chi connectivity index (χ2n) is 7.22. The van der Waals surface area contributed by atoms with E-state index in [4.69, 9.17) is 9.47 Å². The minimum atomic E-state index is -0.502. The van der Waals surface area contributed by atoms with Gasteiger partial charge in [-0.3, -0.25) is 4.79 Å². The van der Waals surface area contributed by atoms with E-state index in [-0.39, 0.29) is 12.6 Å². The number of esters is 2. The molecule has 1 fully saturated rings. The summed E-state index contributed by atoms with van der Waals surface area (Å²) in [5, 5.41) is 0. The smallest absolute Gasteiger partial charge is 0.344 e. The van der Waals surface area contributed by atoms with Gasteiger partial charge in [0, 0.05) is 0 Å². The molecule has 0 amide bonds.